The summed E-state index contributed by atoms with van der Waals surface area (Å²) < 4.78 is 7.76. The lowest BCUT2D eigenvalue weighted by Gasteiger charge is -2.18. The number of para-hydroxylation sites is 1. The number of fused-ring (bicyclic) bond motifs is 1. The number of nitrogens with zero attached hydrogens (tertiary/aromatic N) is 1. The van der Waals surface area contributed by atoms with Crippen molar-refractivity contribution in [3.8, 4) is 0 Å². The van der Waals surface area contributed by atoms with Crippen LogP contribution in [0, 0.1) is 0 Å². The molecular formula is C14H18N2O. The first-order valence-corrected chi connectivity index (χ1v) is 6.18. The Hall–Kier alpha value is -1.48. The highest BCUT2D eigenvalue weighted by molar-refractivity contribution is 5.91. The van der Waals surface area contributed by atoms with Crippen molar-refractivity contribution in [2.45, 2.75) is 25.5 Å². The fourth-order valence-electron chi connectivity index (χ4n) is 2.59. The van der Waals surface area contributed by atoms with Gasteiger partial charge in [0.25, 0.3) is 0 Å². The quantitative estimate of drug-likeness (QED) is 0.858. The van der Waals surface area contributed by atoms with Gasteiger partial charge < -0.3 is 14.6 Å². The number of rotatable bonds is 2. The molecule has 0 radical (unpaired) electrons. The average Bonchev–Trinajstić information content (AvgIpc) is 2.88. The number of anilines is 1. The number of hydrogen-bond donors (Lipinski definition) is 1. The zero-order valence-corrected chi connectivity index (χ0v) is 10.3. The second-order valence-corrected chi connectivity index (χ2v) is 4.79. The minimum absolute atomic E-state index is 0.297. The van der Waals surface area contributed by atoms with E-state index in [0.29, 0.717) is 12.1 Å². The predicted molar refractivity (Wildman–Crippen MR) is 70.4 cm³/mol. The predicted octanol–water partition coefficient (Wildman–Crippen LogP) is 2.77. The molecule has 1 aliphatic heterocycles. The summed E-state index contributed by atoms with van der Waals surface area (Å²) in [6.45, 7) is 3.00. The van der Waals surface area contributed by atoms with Crippen LogP contribution in [0.15, 0.2) is 30.5 Å². The van der Waals surface area contributed by atoms with E-state index in [0.717, 1.165) is 13.0 Å². The molecule has 2 atom stereocenters. The van der Waals surface area contributed by atoms with Crippen molar-refractivity contribution in [3.05, 3.63) is 30.5 Å². The van der Waals surface area contributed by atoms with Gasteiger partial charge in [0.15, 0.2) is 0 Å². The third kappa shape index (κ3) is 1.80. The largest absolute Gasteiger partial charge is 0.378 e. The molecule has 0 unspecified atom stereocenters. The molecule has 2 heterocycles. The molecule has 0 amide bonds. The molecule has 1 N–H and O–H groups in total. The molecule has 2 aromatic rings. The van der Waals surface area contributed by atoms with Gasteiger partial charge in [-0.05, 0) is 25.5 Å². The smallest absolute Gasteiger partial charge is 0.0748 e. The third-order valence-corrected chi connectivity index (χ3v) is 3.61. The molecule has 1 aromatic carbocycles. The first-order chi connectivity index (χ1) is 8.25. The summed E-state index contributed by atoms with van der Waals surface area (Å²) in [7, 11) is 2.09. The summed E-state index contributed by atoms with van der Waals surface area (Å²) in [5, 5.41) is 4.90. The lowest BCUT2D eigenvalue weighted by molar-refractivity contribution is 0.121. The number of nitrogens with one attached hydrogen (secondary N) is 1. The normalized spacial score (nSPS) is 24.4. The topological polar surface area (TPSA) is 26.2 Å². The Kier molecular flexibility index (Phi) is 2.56. The SMILES string of the molecule is C[C@@H]1OCC[C@H]1Nc1cccc2ccn(C)c12. The standard InChI is InChI=1S/C14H18N2O/c1-10-12(7-9-17-10)15-13-5-3-4-11-6-8-16(2)14(11)13/h3-6,8,10,12,15H,7,9H2,1-2H3/t10-,12+/m0/s1. The number of hydrogen-bond acceptors (Lipinski definition) is 2. The van der Waals surface area contributed by atoms with Gasteiger partial charge in [0, 0.05) is 25.2 Å². The molecule has 17 heavy (non-hydrogen) atoms. The van der Waals surface area contributed by atoms with Gasteiger partial charge in [0.1, 0.15) is 0 Å². The van der Waals surface area contributed by atoms with E-state index >= 15 is 0 Å². The highest BCUT2D eigenvalue weighted by atomic mass is 16.5. The lowest BCUT2D eigenvalue weighted by atomic mass is 10.1. The van der Waals surface area contributed by atoms with Gasteiger partial charge in [-0.15, -0.1) is 0 Å². The Morgan fingerprint density at radius 1 is 1.35 bits per heavy atom. The summed E-state index contributed by atoms with van der Waals surface area (Å²) >= 11 is 0. The maximum atomic E-state index is 5.59. The molecule has 1 aliphatic rings. The first kappa shape index (κ1) is 10.7. The van der Waals surface area contributed by atoms with Crippen molar-refractivity contribution >= 4 is 16.6 Å². The van der Waals surface area contributed by atoms with Gasteiger partial charge >= 0.3 is 0 Å². The Labute approximate surface area is 101 Å². The van der Waals surface area contributed by atoms with E-state index in [4.69, 9.17) is 4.74 Å². The molecule has 1 saturated heterocycles. The molecule has 1 fully saturated rings. The summed E-state index contributed by atoms with van der Waals surface area (Å²) in [6.07, 6.45) is 3.48. The van der Waals surface area contributed by atoms with Gasteiger partial charge in [0.05, 0.1) is 23.3 Å². The lowest BCUT2D eigenvalue weighted by Crippen LogP contribution is -2.26. The van der Waals surface area contributed by atoms with E-state index in [-0.39, 0.29) is 0 Å². The van der Waals surface area contributed by atoms with E-state index < -0.39 is 0 Å². The number of aryl methyl sites for hydroxylation is 1. The van der Waals surface area contributed by atoms with Crippen LogP contribution in [0.5, 0.6) is 0 Å². The zero-order chi connectivity index (χ0) is 11.8. The van der Waals surface area contributed by atoms with E-state index in [2.05, 4.69) is 54.3 Å². The van der Waals surface area contributed by atoms with Crippen molar-refractivity contribution in [2.75, 3.05) is 11.9 Å². The minimum atomic E-state index is 0.297. The highest BCUT2D eigenvalue weighted by Gasteiger charge is 2.24. The van der Waals surface area contributed by atoms with Crippen LogP contribution in [0.1, 0.15) is 13.3 Å². The fraction of sp³-hybridized carbons (Fsp3) is 0.429. The number of benzene rings is 1. The van der Waals surface area contributed by atoms with Crippen LogP contribution in [0.4, 0.5) is 5.69 Å². The average molecular weight is 230 g/mol. The van der Waals surface area contributed by atoms with E-state index in [1.165, 1.54) is 16.6 Å². The van der Waals surface area contributed by atoms with E-state index in [1.807, 2.05) is 0 Å². The fourth-order valence-corrected chi connectivity index (χ4v) is 2.59. The van der Waals surface area contributed by atoms with Crippen molar-refractivity contribution < 1.29 is 4.74 Å². The van der Waals surface area contributed by atoms with E-state index in [1.54, 1.807) is 0 Å². The summed E-state index contributed by atoms with van der Waals surface area (Å²) in [4.78, 5) is 0. The monoisotopic (exact) mass is 230 g/mol. The Morgan fingerprint density at radius 2 is 2.24 bits per heavy atom. The van der Waals surface area contributed by atoms with Crippen molar-refractivity contribution in [1.82, 2.24) is 4.57 Å². The van der Waals surface area contributed by atoms with Crippen molar-refractivity contribution in [3.63, 3.8) is 0 Å². The van der Waals surface area contributed by atoms with Crippen molar-refractivity contribution in [2.24, 2.45) is 7.05 Å². The van der Waals surface area contributed by atoms with Crippen LogP contribution >= 0.6 is 0 Å². The van der Waals surface area contributed by atoms with Gasteiger partial charge in [-0.3, -0.25) is 0 Å². The van der Waals surface area contributed by atoms with Gasteiger partial charge in [0.2, 0.25) is 0 Å². The molecule has 0 aliphatic carbocycles. The molecule has 0 bridgehead atoms. The molecule has 1 aromatic heterocycles. The molecule has 0 spiro atoms. The second-order valence-electron chi connectivity index (χ2n) is 4.79. The maximum absolute atomic E-state index is 5.59. The van der Waals surface area contributed by atoms with Crippen LogP contribution in [0.2, 0.25) is 0 Å². The van der Waals surface area contributed by atoms with Crippen LogP contribution in [-0.4, -0.2) is 23.3 Å². The van der Waals surface area contributed by atoms with Crippen LogP contribution in [0.25, 0.3) is 10.9 Å². The Morgan fingerprint density at radius 3 is 3.00 bits per heavy atom. The maximum Gasteiger partial charge on any atom is 0.0748 e. The second kappa shape index (κ2) is 4.08. The van der Waals surface area contributed by atoms with Gasteiger partial charge in [-0.1, -0.05) is 12.1 Å². The highest BCUT2D eigenvalue weighted by Crippen LogP contribution is 2.26. The molecule has 90 valence electrons. The van der Waals surface area contributed by atoms with Crippen molar-refractivity contribution in [1.29, 1.82) is 0 Å². The van der Waals surface area contributed by atoms with Crippen LogP contribution in [0.3, 0.4) is 0 Å². The first-order valence-electron chi connectivity index (χ1n) is 6.18. The number of aromatic nitrogens is 1. The summed E-state index contributed by atoms with van der Waals surface area (Å²) in [6, 6.07) is 8.97. The third-order valence-electron chi connectivity index (χ3n) is 3.61. The minimum Gasteiger partial charge on any atom is -0.378 e. The molecule has 0 saturated carbocycles. The molecular weight excluding hydrogens is 212 g/mol. The Bertz CT molecular complexity index is 532. The van der Waals surface area contributed by atoms with Gasteiger partial charge in [-0.25, -0.2) is 0 Å². The van der Waals surface area contributed by atoms with Gasteiger partial charge in [-0.2, -0.15) is 0 Å². The van der Waals surface area contributed by atoms with E-state index in [9.17, 15) is 0 Å². The van der Waals surface area contributed by atoms with Crippen LogP contribution < -0.4 is 5.32 Å². The molecule has 3 heteroatoms. The van der Waals surface area contributed by atoms with Crippen LogP contribution in [-0.2, 0) is 11.8 Å². The Balaban J connectivity index is 1.97. The summed E-state index contributed by atoms with van der Waals surface area (Å²) in [5.41, 5.74) is 2.48. The molecule has 3 rings (SSSR count). The number of ether oxygens (including phenoxy) is 1. The summed E-state index contributed by atoms with van der Waals surface area (Å²) in [5.74, 6) is 0. The zero-order valence-electron chi connectivity index (χ0n) is 10.3. The molecule has 3 nitrogen and oxygen atoms in total.